The van der Waals surface area contributed by atoms with Crippen molar-refractivity contribution in [2.45, 2.75) is 24.3 Å². The number of carbonyl (C=O) groups excluding carboxylic acids is 2. The number of sulfonamides is 1. The zero-order valence-corrected chi connectivity index (χ0v) is 18.0. The van der Waals surface area contributed by atoms with E-state index in [1.54, 1.807) is 17.0 Å². The summed E-state index contributed by atoms with van der Waals surface area (Å²) in [5.74, 6) is -1.04. The van der Waals surface area contributed by atoms with Gasteiger partial charge >= 0.3 is 5.97 Å². The Morgan fingerprint density at radius 1 is 1.10 bits per heavy atom. The van der Waals surface area contributed by atoms with Crippen molar-refractivity contribution < 1.29 is 27.5 Å². The molecule has 1 fully saturated rings. The summed E-state index contributed by atoms with van der Waals surface area (Å²) >= 11 is 0. The molecule has 2 heterocycles. The van der Waals surface area contributed by atoms with E-state index in [1.807, 2.05) is 19.1 Å². The predicted octanol–water partition coefficient (Wildman–Crippen LogP) is 1.84. The van der Waals surface area contributed by atoms with Crippen LogP contribution < -0.4 is 4.31 Å². The van der Waals surface area contributed by atoms with Gasteiger partial charge in [-0.15, -0.1) is 0 Å². The van der Waals surface area contributed by atoms with Crippen LogP contribution in [0.4, 0.5) is 5.69 Å². The van der Waals surface area contributed by atoms with E-state index >= 15 is 0 Å². The van der Waals surface area contributed by atoms with Crippen molar-refractivity contribution in [1.29, 1.82) is 0 Å². The van der Waals surface area contributed by atoms with Crippen LogP contribution in [0.15, 0.2) is 53.4 Å². The Bertz CT molecular complexity index is 1090. The van der Waals surface area contributed by atoms with Gasteiger partial charge in [0.25, 0.3) is 15.9 Å². The number of hydrogen-bond acceptors (Lipinski definition) is 6. The molecule has 0 spiro atoms. The minimum atomic E-state index is -3.87. The van der Waals surface area contributed by atoms with E-state index < -0.39 is 22.6 Å². The zero-order chi connectivity index (χ0) is 22.0. The van der Waals surface area contributed by atoms with Crippen LogP contribution in [-0.4, -0.2) is 64.1 Å². The van der Waals surface area contributed by atoms with Crippen molar-refractivity contribution in [2.75, 3.05) is 37.2 Å². The molecule has 164 valence electrons. The van der Waals surface area contributed by atoms with Gasteiger partial charge < -0.3 is 14.4 Å². The molecule has 8 nitrogen and oxygen atoms in total. The minimum absolute atomic E-state index is 0.00464. The number of rotatable bonds is 5. The van der Waals surface area contributed by atoms with E-state index in [2.05, 4.69) is 0 Å². The first-order chi connectivity index (χ1) is 14.9. The fraction of sp³-hybridized carbons (Fsp3) is 0.364. The van der Waals surface area contributed by atoms with Crippen LogP contribution in [0, 0.1) is 0 Å². The number of ether oxygens (including phenoxy) is 2. The first-order valence-corrected chi connectivity index (χ1v) is 11.6. The van der Waals surface area contributed by atoms with Crippen LogP contribution in [0.2, 0.25) is 0 Å². The van der Waals surface area contributed by atoms with Crippen LogP contribution >= 0.6 is 0 Å². The number of carbonyl (C=O) groups is 2. The van der Waals surface area contributed by atoms with Gasteiger partial charge in [-0.2, -0.15) is 0 Å². The number of anilines is 1. The molecule has 2 aromatic carbocycles. The Kier molecular flexibility index (Phi) is 5.97. The second-order valence-corrected chi connectivity index (χ2v) is 9.39. The number of nitrogens with zero attached hydrogens (tertiary/aromatic N) is 2. The maximum atomic E-state index is 13.4. The fourth-order valence-corrected chi connectivity index (χ4v) is 5.65. The molecule has 9 heteroatoms. The Morgan fingerprint density at radius 2 is 1.84 bits per heavy atom. The van der Waals surface area contributed by atoms with Gasteiger partial charge in [0.15, 0.2) is 6.61 Å². The molecule has 0 radical (unpaired) electrons. The van der Waals surface area contributed by atoms with Crippen LogP contribution in [0.25, 0.3) is 0 Å². The van der Waals surface area contributed by atoms with E-state index in [0.29, 0.717) is 38.4 Å². The molecule has 0 aromatic heterocycles. The van der Waals surface area contributed by atoms with E-state index in [1.165, 1.54) is 28.6 Å². The molecule has 4 rings (SSSR count). The van der Waals surface area contributed by atoms with Gasteiger partial charge in [-0.05, 0) is 43.2 Å². The van der Waals surface area contributed by atoms with Gasteiger partial charge in [-0.1, -0.05) is 24.3 Å². The first-order valence-electron chi connectivity index (χ1n) is 10.1. The third-order valence-electron chi connectivity index (χ3n) is 5.46. The van der Waals surface area contributed by atoms with Gasteiger partial charge in [-0.3, -0.25) is 9.10 Å². The highest BCUT2D eigenvalue weighted by Gasteiger charge is 2.36. The summed E-state index contributed by atoms with van der Waals surface area (Å²) in [4.78, 5) is 26.2. The molecular formula is C22H24N2O6S. The smallest absolute Gasteiger partial charge is 0.338 e. The molecule has 2 aliphatic heterocycles. The quantitative estimate of drug-likeness (QED) is 0.654. The highest BCUT2D eigenvalue weighted by molar-refractivity contribution is 7.92. The number of morpholine rings is 1. The topological polar surface area (TPSA) is 93.2 Å². The lowest BCUT2D eigenvalue weighted by atomic mass is 10.1. The summed E-state index contributed by atoms with van der Waals surface area (Å²) in [5.41, 5.74) is 1.70. The van der Waals surface area contributed by atoms with Gasteiger partial charge in [0, 0.05) is 19.1 Å². The standard InChI is InChI=1S/C22H24N2O6S/c1-16-13-17-5-2-3-8-20(17)24(16)31(27,28)19-7-4-6-18(14-19)22(26)30-15-21(25)23-9-11-29-12-10-23/h2-8,14,16H,9-13,15H2,1H3/t16-/m0/s1. The van der Waals surface area contributed by atoms with Crippen LogP contribution in [0.1, 0.15) is 22.8 Å². The largest absolute Gasteiger partial charge is 0.452 e. The maximum absolute atomic E-state index is 13.4. The number of esters is 1. The Morgan fingerprint density at radius 3 is 2.61 bits per heavy atom. The Balaban J connectivity index is 1.50. The van der Waals surface area contributed by atoms with E-state index in [4.69, 9.17) is 9.47 Å². The predicted molar refractivity (Wildman–Crippen MR) is 113 cm³/mol. The molecule has 1 saturated heterocycles. The van der Waals surface area contributed by atoms with E-state index in [0.717, 1.165) is 5.56 Å². The van der Waals surface area contributed by atoms with E-state index in [9.17, 15) is 18.0 Å². The van der Waals surface area contributed by atoms with Crippen molar-refractivity contribution in [1.82, 2.24) is 4.90 Å². The van der Waals surface area contributed by atoms with Crippen LogP contribution in [-0.2, 0) is 30.7 Å². The monoisotopic (exact) mass is 444 g/mol. The SMILES string of the molecule is C[C@H]1Cc2ccccc2N1S(=O)(=O)c1cccc(C(=O)OCC(=O)N2CCOCC2)c1. The summed E-state index contributed by atoms with van der Waals surface area (Å²) < 4.78 is 38.4. The number of benzene rings is 2. The van der Waals surface area contributed by atoms with E-state index in [-0.39, 0.29) is 22.4 Å². The highest BCUT2D eigenvalue weighted by atomic mass is 32.2. The second kappa shape index (κ2) is 8.68. The molecule has 2 aliphatic rings. The number of hydrogen-bond donors (Lipinski definition) is 0. The Labute approximate surface area is 181 Å². The molecule has 0 N–H and O–H groups in total. The normalized spacial score (nSPS) is 18.5. The van der Waals surface area contributed by atoms with Gasteiger partial charge in [0.05, 0.1) is 29.4 Å². The van der Waals surface area contributed by atoms with Crippen LogP contribution in [0.3, 0.4) is 0 Å². The molecule has 0 bridgehead atoms. The van der Waals surface area contributed by atoms with Gasteiger partial charge in [-0.25, -0.2) is 13.2 Å². The molecule has 1 amide bonds. The number of fused-ring (bicyclic) bond motifs is 1. The van der Waals surface area contributed by atoms with Crippen molar-refractivity contribution in [3.63, 3.8) is 0 Å². The average molecular weight is 445 g/mol. The molecule has 0 aliphatic carbocycles. The third kappa shape index (κ3) is 4.28. The molecule has 0 saturated carbocycles. The number of amides is 1. The lowest BCUT2D eigenvalue weighted by Crippen LogP contribution is -2.42. The van der Waals surface area contributed by atoms with Crippen molar-refractivity contribution >= 4 is 27.6 Å². The number of para-hydroxylation sites is 1. The maximum Gasteiger partial charge on any atom is 0.338 e. The third-order valence-corrected chi connectivity index (χ3v) is 7.39. The van der Waals surface area contributed by atoms with Crippen LogP contribution in [0.5, 0.6) is 0 Å². The van der Waals surface area contributed by atoms with Crippen molar-refractivity contribution in [2.24, 2.45) is 0 Å². The lowest BCUT2D eigenvalue weighted by Gasteiger charge is -2.26. The first kappa shape index (κ1) is 21.3. The van der Waals surface area contributed by atoms with Crippen molar-refractivity contribution in [3.05, 3.63) is 59.7 Å². The summed E-state index contributed by atoms with van der Waals surface area (Å²) in [5, 5.41) is 0. The summed E-state index contributed by atoms with van der Waals surface area (Å²) in [7, 11) is -3.87. The second-order valence-electron chi connectivity index (χ2n) is 7.58. The molecule has 0 unspecified atom stereocenters. The lowest BCUT2D eigenvalue weighted by molar-refractivity contribution is -0.138. The van der Waals surface area contributed by atoms with Crippen molar-refractivity contribution in [3.8, 4) is 0 Å². The van der Waals surface area contributed by atoms with Gasteiger partial charge in [0.2, 0.25) is 0 Å². The summed E-state index contributed by atoms with van der Waals surface area (Å²) in [6.45, 7) is 3.29. The average Bonchev–Trinajstić information content (AvgIpc) is 3.14. The molecule has 31 heavy (non-hydrogen) atoms. The summed E-state index contributed by atoms with van der Waals surface area (Å²) in [6.07, 6.45) is 0.626. The molecular weight excluding hydrogens is 420 g/mol. The molecule has 2 aromatic rings. The van der Waals surface area contributed by atoms with Gasteiger partial charge in [0.1, 0.15) is 0 Å². The fourth-order valence-electron chi connectivity index (χ4n) is 3.92. The highest BCUT2D eigenvalue weighted by Crippen LogP contribution is 2.36. The summed E-state index contributed by atoms with van der Waals surface area (Å²) in [6, 6.07) is 12.9. The minimum Gasteiger partial charge on any atom is -0.452 e. The zero-order valence-electron chi connectivity index (χ0n) is 17.2. The molecule has 1 atom stereocenters. The Hall–Kier alpha value is -2.91.